The Kier molecular flexibility index (Phi) is 4.62. The van der Waals surface area contributed by atoms with Gasteiger partial charge >= 0.3 is 0 Å². The van der Waals surface area contributed by atoms with E-state index in [9.17, 15) is 20.4 Å². The van der Waals surface area contributed by atoms with Crippen molar-refractivity contribution >= 4 is 0 Å². The summed E-state index contributed by atoms with van der Waals surface area (Å²) in [4.78, 5) is 2.28. The molecular weight excluding hydrogens is 414 g/mol. The van der Waals surface area contributed by atoms with Crippen LogP contribution < -0.4 is 0 Å². The van der Waals surface area contributed by atoms with Crippen molar-refractivity contribution in [2.24, 2.45) is 34.5 Å². The molecule has 5 aliphatic carbocycles. The van der Waals surface area contributed by atoms with E-state index in [0.29, 0.717) is 26.0 Å². The first kappa shape index (κ1) is 22.2. The Morgan fingerprint density at radius 2 is 1.84 bits per heavy atom. The van der Waals surface area contributed by atoms with Crippen molar-refractivity contribution in [2.45, 2.75) is 74.3 Å². The number of aliphatic hydroxyl groups excluding tert-OH is 2. The van der Waals surface area contributed by atoms with E-state index in [1.54, 1.807) is 21.3 Å². The zero-order valence-electron chi connectivity index (χ0n) is 19.6. The zero-order chi connectivity index (χ0) is 22.8. The predicted octanol–water partition coefficient (Wildman–Crippen LogP) is -0.383. The molecule has 182 valence electrons. The standard InChI is InChI=1S/C24H39NO7/c1-5-25-10-21(11-30-2)7-6-15(26)23-13-8-12-14(31-3)9-22(28,16(13)17(12)27)24(29,20(23)25)19(32-4)18(21)23/h12-20,26-29H,5-11H2,1-4H3/t12-,13+,14+,15+,16-,17+,18-,19+,20+,21+,22-,23+,24-/m1/s1. The number of hydrogen-bond donors (Lipinski definition) is 4. The molecule has 7 bridgehead atoms. The summed E-state index contributed by atoms with van der Waals surface area (Å²) in [5, 5.41) is 48.5. The molecule has 0 radical (unpaired) electrons. The van der Waals surface area contributed by atoms with Gasteiger partial charge in [0.25, 0.3) is 0 Å². The SMILES string of the molecule is CCN1C[C@]2(COC)CC[C@H](O)[C@@]34[C@@H]2[C@H](OC)[C@@](O)([C@@H]13)[C@@]1(O)C[C@H](OC)[C@H]2C[C@H]4[C@@H]1[C@H]2O. The minimum absolute atomic E-state index is 0.102. The van der Waals surface area contributed by atoms with Crippen LogP contribution in [0.4, 0.5) is 0 Å². The minimum Gasteiger partial charge on any atom is -0.392 e. The molecule has 1 saturated heterocycles. The van der Waals surface area contributed by atoms with Crippen LogP contribution in [-0.4, -0.2) is 108 Å². The second-order valence-corrected chi connectivity index (χ2v) is 11.7. The van der Waals surface area contributed by atoms with Crippen molar-refractivity contribution in [1.29, 1.82) is 0 Å². The van der Waals surface area contributed by atoms with E-state index in [2.05, 4.69) is 11.8 Å². The number of aliphatic hydroxyl groups is 4. The molecule has 1 spiro atoms. The van der Waals surface area contributed by atoms with Crippen molar-refractivity contribution in [1.82, 2.24) is 4.90 Å². The third-order valence-corrected chi connectivity index (χ3v) is 11.2. The highest BCUT2D eigenvalue weighted by Gasteiger charge is 2.91. The van der Waals surface area contributed by atoms with Crippen LogP contribution in [-0.2, 0) is 14.2 Å². The van der Waals surface area contributed by atoms with Gasteiger partial charge in [0.1, 0.15) is 11.2 Å². The monoisotopic (exact) mass is 453 g/mol. The Balaban J connectivity index is 1.67. The maximum atomic E-state index is 12.8. The molecule has 8 heteroatoms. The number of likely N-dealkylation sites (N-methyl/N-ethyl adjacent to an activating group) is 1. The summed E-state index contributed by atoms with van der Waals surface area (Å²) in [6.07, 6.45) is -0.0296. The molecule has 13 atom stereocenters. The number of ether oxygens (including phenoxy) is 3. The van der Waals surface area contributed by atoms with E-state index in [1.807, 2.05) is 0 Å². The zero-order valence-corrected chi connectivity index (χ0v) is 19.6. The van der Waals surface area contributed by atoms with Crippen LogP contribution in [0, 0.1) is 34.5 Å². The molecular formula is C24H39NO7. The van der Waals surface area contributed by atoms with Gasteiger partial charge < -0.3 is 34.6 Å². The maximum Gasteiger partial charge on any atom is 0.136 e. The first-order valence-electron chi connectivity index (χ1n) is 12.3. The van der Waals surface area contributed by atoms with E-state index in [1.165, 1.54) is 0 Å². The van der Waals surface area contributed by atoms with E-state index in [4.69, 9.17) is 14.2 Å². The molecule has 6 fully saturated rings. The van der Waals surface area contributed by atoms with Crippen LogP contribution >= 0.6 is 0 Å². The molecule has 6 rings (SSSR count). The van der Waals surface area contributed by atoms with Gasteiger partial charge in [0.2, 0.25) is 0 Å². The number of likely N-dealkylation sites (tertiary alicyclic amines) is 1. The molecule has 0 amide bonds. The molecule has 0 unspecified atom stereocenters. The van der Waals surface area contributed by atoms with Crippen LogP contribution in [0.3, 0.4) is 0 Å². The molecule has 1 aliphatic heterocycles. The van der Waals surface area contributed by atoms with Crippen LogP contribution in [0.15, 0.2) is 0 Å². The molecule has 8 nitrogen and oxygen atoms in total. The Morgan fingerprint density at radius 3 is 2.47 bits per heavy atom. The topological polar surface area (TPSA) is 112 Å². The van der Waals surface area contributed by atoms with Crippen LogP contribution in [0.1, 0.15) is 32.6 Å². The molecule has 4 N–H and O–H groups in total. The van der Waals surface area contributed by atoms with E-state index >= 15 is 0 Å². The molecule has 6 aliphatic rings. The lowest BCUT2D eigenvalue weighted by Crippen LogP contribution is -2.81. The van der Waals surface area contributed by atoms with Crippen molar-refractivity contribution in [3.63, 3.8) is 0 Å². The van der Waals surface area contributed by atoms with Gasteiger partial charge in [-0.2, -0.15) is 0 Å². The molecule has 0 aromatic heterocycles. The van der Waals surface area contributed by atoms with Crippen molar-refractivity contribution < 1.29 is 34.6 Å². The summed E-state index contributed by atoms with van der Waals surface area (Å²) in [7, 11) is 4.95. The number of rotatable bonds is 5. The number of hydrogen-bond acceptors (Lipinski definition) is 8. The van der Waals surface area contributed by atoms with Crippen molar-refractivity contribution in [2.75, 3.05) is 41.0 Å². The average molecular weight is 454 g/mol. The molecule has 5 saturated carbocycles. The fourth-order valence-corrected chi connectivity index (χ4v) is 10.7. The number of piperidine rings is 1. The first-order chi connectivity index (χ1) is 15.2. The lowest BCUT2D eigenvalue weighted by atomic mass is 9.42. The van der Waals surface area contributed by atoms with Gasteiger partial charge in [0.05, 0.1) is 37.1 Å². The molecule has 32 heavy (non-hydrogen) atoms. The number of nitrogens with zero attached hydrogens (tertiary/aromatic N) is 1. The highest BCUT2D eigenvalue weighted by atomic mass is 16.5. The summed E-state index contributed by atoms with van der Waals surface area (Å²) < 4.78 is 17.7. The highest BCUT2D eigenvalue weighted by molar-refractivity contribution is 5.41. The Bertz CT molecular complexity index is 798. The maximum absolute atomic E-state index is 12.8. The fraction of sp³-hybridized carbons (Fsp3) is 1.00. The Labute approximate surface area is 189 Å². The van der Waals surface area contributed by atoms with Gasteiger partial charge in [-0.05, 0) is 31.7 Å². The third kappa shape index (κ3) is 1.99. The van der Waals surface area contributed by atoms with Gasteiger partial charge in [-0.15, -0.1) is 0 Å². The summed E-state index contributed by atoms with van der Waals surface area (Å²) >= 11 is 0. The second kappa shape index (κ2) is 6.66. The van der Waals surface area contributed by atoms with E-state index in [0.717, 1.165) is 13.0 Å². The lowest BCUT2D eigenvalue weighted by molar-refractivity contribution is -0.317. The fourth-order valence-electron chi connectivity index (χ4n) is 10.7. The quantitative estimate of drug-likeness (QED) is 0.446. The minimum atomic E-state index is -1.63. The number of methoxy groups -OCH3 is 3. The predicted molar refractivity (Wildman–Crippen MR) is 114 cm³/mol. The molecule has 0 aromatic carbocycles. The smallest absolute Gasteiger partial charge is 0.136 e. The highest BCUT2D eigenvalue weighted by Crippen LogP contribution is 2.80. The Hall–Kier alpha value is -0.320. The van der Waals surface area contributed by atoms with Crippen LogP contribution in [0.25, 0.3) is 0 Å². The van der Waals surface area contributed by atoms with Gasteiger partial charge in [-0.25, -0.2) is 0 Å². The number of fused-ring (bicyclic) bond motifs is 2. The third-order valence-electron chi connectivity index (χ3n) is 11.2. The van der Waals surface area contributed by atoms with E-state index in [-0.39, 0.29) is 35.7 Å². The van der Waals surface area contributed by atoms with Crippen molar-refractivity contribution in [3.05, 3.63) is 0 Å². The molecule has 1 heterocycles. The van der Waals surface area contributed by atoms with Crippen LogP contribution in [0.5, 0.6) is 0 Å². The summed E-state index contributed by atoms with van der Waals surface area (Å²) in [6, 6.07) is -0.442. The van der Waals surface area contributed by atoms with Crippen molar-refractivity contribution in [3.8, 4) is 0 Å². The molecule has 0 aromatic rings. The summed E-state index contributed by atoms with van der Waals surface area (Å²) in [5.74, 6) is -0.889. The van der Waals surface area contributed by atoms with E-state index < -0.39 is 46.9 Å². The van der Waals surface area contributed by atoms with Gasteiger partial charge in [-0.3, -0.25) is 4.90 Å². The summed E-state index contributed by atoms with van der Waals surface area (Å²) in [6.45, 7) is 4.05. The average Bonchev–Trinajstić information content (AvgIpc) is 3.14. The lowest BCUT2D eigenvalue weighted by Gasteiger charge is -2.69. The van der Waals surface area contributed by atoms with Gasteiger partial charge in [-0.1, -0.05) is 6.92 Å². The second-order valence-electron chi connectivity index (χ2n) is 11.7. The van der Waals surface area contributed by atoms with Gasteiger partial charge in [0.15, 0.2) is 0 Å². The Morgan fingerprint density at radius 1 is 1.09 bits per heavy atom. The summed E-state index contributed by atoms with van der Waals surface area (Å²) in [5.41, 5.74) is -4.15. The largest absolute Gasteiger partial charge is 0.392 e. The van der Waals surface area contributed by atoms with Crippen LogP contribution in [0.2, 0.25) is 0 Å². The normalized spacial score (nSPS) is 62.4. The van der Waals surface area contributed by atoms with Gasteiger partial charge in [0, 0.05) is 62.9 Å². The first-order valence-corrected chi connectivity index (χ1v) is 12.3.